The zero-order valence-corrected chi connectivity index (χ0v) is 16.8. The fourth-order valence-corrected chi connectivity index (χ4v) is 8.20. The van der Waals surface area contributed by atoms with E-state index in [1.165, 1.54) is 23.0 Å². The van der Waals surface area contributed by atoms with Crippen molar-refractivity contribution in [1.29, 1.82) is 0 Å². The Balaban J connectivity index is 2.02. The van der Waals surface area contributed by atoms with E-state index in [0.717, 1.165) is 22.0 Å². The average Bonchev–Trinajstić information content (AvgIpc) is 2.30. The number of thioether (sulfide) groups is 4. The second-order valence-electron chi connectivity index (χ2n) is 3.95. The molecule has 0 aromatic rings. The van der Waals surface area contributed by atoms with Gasteiger partial charge in [-0.15, -0.1) is 0 Å². The molecule has 0 nitrogen and oxygen atoms in total. The van der Waals surface area contributed by atoms with Gasteiger partial charge in [-0.05, 0) is 0 Å². The maximum absolute atomic E-state index is 4.28. The Labute approximate surface area is 150 Å². The molecule has 0 N–H and O–H groups in total. The van der Waals surface area contributed by atoms with Crippen LogP contribution in [-0.2, 0) is 0 Å². The predicted molar refractivity (Wildman–Crippen MR) is 111 cm³/mol. The summed E-state index contributed by atoms with van der Waals surface area (Å²) in [6.45, 7) is 0. The van der Waals surface area contributed by atoms with E-state index in [2.05, 4.69) is 74.0 Å². The van der Waals surface area contributed by atoms with Crippen LogP contribution in [0.1, 0.15) is 0 Å². The highest BCUT2D eigenvalue weighted by molar-refractivity contribution is 8.09. The molecule has 0 aromatic heterocycles. The van der Waals surface area contributed by atoms with E-state index in [0.29, 0.717) is 0 Å². The van der Waals surface area contributed by atoms with E-state index in [-0.39, 0.29) is 9.16 Å². The molecule has 0 aliphatic carbocycles. The second kappa shape index (κ2) is 11.4. The van der Waals surface area contributed by atoms with E-state index < -0.39 is 0 Å². The van der Waals surface area contributed by atoms with Gasteiger partial charge in [-0.1, -0.05) is 0 Å². The van der Waals surface area contributed by atoms with Gasteiger partial charge in [0.2, 0.25) is 0 Å². The van der Waals surface area contributed by atoms with Crippen LogP contribution in [0.2, 0.25) is 0 Å². The molecule has 1 aliphatic rings. The zero-order chi connectivity index (χ0) is 13.4. The highest BCUT2D eigenvalue weighted by Gasteiger charge is 2.22. The molecule has 1 aliphatic heterocycles. The standard InChI is InChI=1S/C10H20S8/c11-9(12)5-15-1-7-3-18-8(4-17-7)2-16-6-10(13)14/h7-14H,1-6H2. The fourth-order valence-electron chi connectivity index (χ4n) is 1.39. The molecule has 1 heterocycles. The van der Waals surface area contributed by atoms with Crippen LogP contribution in [-0.4, -0.2) is 54.2 Å². The smallest absolute Gasteiger partial charge is 0.0532 e. The quantitative estimate of drug-likeness (QED) is 0.361. The minimum Gasteiger partial charge on any atom is -0.164 e. The van der Waals surface area contributed by atoms with Crippen molar-refractivity contribution in [2.24, 2.45) is 0 Å². The van der Waals surface area contributed by atoms with Gasteiger partial charge in [-0.3, -0.25) is 0 Å². The van der Waals surface area contributed by atoms with Crippen LogP contribution in [0.25, 0.3) is 0 Å². The Morgan fingerprint density at radius 3 is 1.50 bits per heavy atom. The van der Waals surface area contributed by atoms with Gasteiger partial charge in [0.15, 0.2) is 0 Å². The van der Waals surface area contributed by atoms with Gasteiger partial charge >= 0.3 is 0 Å². The summed E-state index contributed by atoms with van der Waals surface area (Å²) in [5.41, 5.74) is 0. The van der Waals surface area contributed by atoms with Crippen LogP contribution in [0, 0.1) is 0 Å². The summed E-state index contributed by atoms with van der Waals surface area (Å²) >= 11 is 25.4. The normalized spacial score (nSPS) is 25.0. The first-order valence-corrected chi connectivity index (χ1v) is 12.2. The molecule has 2 unspecified atom stereocenters. The SMILES string of the molecule is SC(S)CSCC1CSC(CSCC(S)S)CS1. The van der Waals surface area contributed by atoms with Gasteiger partial charge in [0.05, 0.1) is 9.16 Å². The molecule has 0 spiro atoms. The summed E-state index contributed by atoms with van der Waals surface area (Å²) in [4.78, 5) is 0. The third-order valence-electron chi connectivity index (χ3n) is 2.18. The Bertz CT molecular complexity index is 180. The molecule has 0 aromatic carbocycles. The Kier molecular flexibility index (Phi) is 11.9. The Hall–Kier alpha value is 2.80. The molecule has 18 heavy (non-hydrogen) atoms. The van der Waals surface area contributed by atoms with Gasteiger partial charge in [0, 0.05) is 45.0 Å². The summed E-state index contributed by atoms with van der Waals surface area (Å²) in [6, 6.07) is 0. The van der Waals surface area contributed by atoms with Crippen molar-refractivity contribution >= 4 is 97.6 Å². The first-order valence-electron chi connectivity index (χ1n) is 5.69. The van der Waals surface area contributed by atoms with Crippen molar-refractivity contribution in [2.45, 2.75) is 19.7 Å². The first-order chi connectivity index (χ1) is 8.58. The summed E-state index contributed by atoms with van der Waals surface area (Å²) < 4.78 is 0.437. The topological polar surface area (TPSA) is 0 Å². The molecular formula is C10H20S8. The molecule has 1 saturated heterocycles. The third kappa shape index (κ3) is 9.68. The van der Waals surface area contributed by atoms with Crippen molar-refractivity contribution < 1.29 is 0 Å². The second-order valence-corrected chi connectivity index (χ2v) is 12.1. The van der Waals surface area contributed by atoms with Crippen LogP contribution in [0.3, 0.4) is 0 Å². The van der Waals surface area contributed by atoms with Crippen molar-refractivity contribution in [3.63, 3.8) is 0 Å². The van der Waals surface area contributed by atoms with Crippen LogP contribution in [0.5, 0.6) is 0 Å². The summed E-state index contributed by atoms with van der Waals surface area (Å²) in [5, 5.41) is 1.62. The molecule has 0 bridgehead atoms. The minimum absolute atomic E-state index is 0.218. The van der Waals surface area contributed by atoms with Crippen LogP contribution in [0.15, 0.2) is 0 Å². The molecular weight excluding hydrogens is 377 g/mol. The monoisotopic (exact) mass is 396 g/mol. The van der Waals surface area contributed by atoms with Crippen LogP contribution in [0.4, 0.5) is 0 Å². The zero-order valence-electron chi connectivity index (χ0n) is 9.97. The van der Waals surface area contributed by atoms with E-state index in [1.54, 1.807) is 0 Å². The Morgan fingerprint density at radius 1 is 0.833 bits per heavy atom. The van der Waals surface area contributed by atoms with Gasteiger partial charge in [0.1, 0.15) is 0 Å². The molecule has 0 radical (unpaired) electrons. The van der Waals surface area contributed by atoms with E-state index in [9.17, 15) is 0 Å². The number of rotatable bonds is 8. The summed E-state index contributed by atoms with van der Waals surface area (Å²) in [6.07, 6.45) is 0. The first kappa shape index (κ1) is 18.8. The highest BCUT2D eigenvalue weighted by Crippen LogP contribution is 2.33. The lowest BCUT2D eigenvalue weighted by Gasteiger charge is -2.27. The lowest BCUT2D eigenvalue weighted by Crippen LogP contribution is -2.25. The van der Waals surface area contributed by atoms with Gasteiger partial charge in [-0.2, -0.15) is 97.6 Å². The summed E-state index contributed by atoms with van der Waals surface area (Å²) in [7, 11) is 0. The van der Waals surface area contributed by atoms with Gasteiger partial charge < -0.3 is 0 Å². The molecule has 2 atom stereocenters. The van der Waals surface area contributed by atoms with E-state index >= 15 is 0 Å². The lowest BCUT2D eigenvalue weighted by atomic mass is 10.5. The number of thiol groups is 4. The van der Waals surface area contributed by atoms with E-state index in [4.69, 9.17) is 0 Å². The van der Waals surface area contributed by atoms with Crippen molar-refractivity contribution in [1.82, 2.24) is 0 Å². The fraction of sp³-hybridized carbons (Fsp3) is 1.00. The molecule has 108 valence electrons. The average molecular weight is 397 g/mol. The molecule has 8 heteroatoms. The van der Waals surface area contributed by atoms with Gasteiger partial charge in [0.25, 0.3) is 0 Å². The van der Waals surface area contributed by atoms with Crippen LogP contribution < -0.4 is 0 Å². The number of hydrogen-bond acceptors (Lipinski definition) is 8. The Morgan fingerprint density at radius 2 is 1.22 bits per heavy atom. The van der Waals surface area contributed by atoms with Crippen LogP contribution >= 0.6 is 97.6 Å². The van der Waals surface area contributed by atoms with Gasteiger partial charge in [-0.25, -0.2) is 0 Å². The highest BCUT2D eigenvalue weighted by atomic mass is 32.2. The number of hydrogen-bond donors (Lipinski definition) is 4. The summed E-state index contributed by atoms with van der Waals surface area (Å²) in [5.74, 6) is 7.14. The molecule has 1 fully saturated rings. The maximum Gasteiger partial charge on any atom is 0.0532 e. The largest absolute Gasteiger partial charge is 0.164 e. The molecule has 0 saturated carbocycles. The minimum atomic E-state index is 0.218. The predicted octanol–water partition coefficient (Wildman–Crippen LogP) is 4.04. The van der Waals surface area contributed by atoms with Crippen molar-refractivity contribution in [3.8, 4) is 0 Å². The maximum atomic E-state index is 4.28. The lowest BCUT2D eigenvalue weighted by molar-refractivity contribution is 1.06. The van der Waals surface area contributed by atoms with Crippen molar-refractivity contribution in [3.05, 3.63) is 0 Å². The molecule has 1 rings (SSSR count). The third-order valence-corrected chi connectivity index (χ3v) is 9.95. The van der Waals surface area contributed by atoms with E-state index in [1.807, 2.05) is 23.5 Å². The molecule has 0 amide bonds. The van der Waals surface area contributed by atoms with Crippen molar-refractivity contribution in [2.75, 3.05) is 34.5 Å².